The summed E-state index contributed by atoms with van der Waals surface area (Å²) in [5, 5.41) is 0. The average molecular weight is 305 g/mol. The van der Waals surface area contributed by atoms with E-state index in [4.69, 9.17) is 0 Å². The molecule has 2 aromatic carbocycles. The van der Waals surface area contributed by atoms with Crippen LogP contribution in [0.4, 0.5) is 0 Å². The van der Waals surface area contributed by atoms with Gasteiger partial charge >= 0.3 is 0 Å². The van der Waals surface area contributed by atoms with E-state index < -0.39 is 10.0 Å². The Labute approximate surface area is 130 Å². The molecule has 0 heterocycles. The largest absolute Gasteiger partial charge is 0.223 e. The van der Waals surface area contributed by atoms with Crippen LogP contribution < -0.4 is 0 Å². The molecule has 0 bridgehead atoms. The zero-order valence-electron chi connectivity index (χ0n) is 12.8. The molecule has 0 N–H and O–H groups in total. The number of benzene rings is 2. The van der Waals surface area contributed by atoms with Crippen molar-refractivity contribution in [2.24, 2.45) is 0 Å². The van der Waals surface area contributed by atoms with Gasteiger partial charge in [-0.2, -0.15) is 12.6 Å². The molecule has 0 fully saturated rings. The summed E-state index contributed by atoms with van der Waals surface area (Å²) in [7, 11) is -0.632. The quantitative estimate of drug-likeness (QED) is 0.714. The topological polar surface area (TPSA) is 0 Å². The van der Waals surface area contributed by atoms with E-state index in [2.05, 4.69) is 86.9 Å². The molecule has 0 amide bonds. The third-order valence-corrected chi connectivity index (χ3v) is 5.88. The van der Waals surface area contributed by atoms with Gasteiger partial charge < -0.3 is 0 Å². The Bertz CT molecular complexity index is 547. The van der Waals surface area contributed by atoms with E-state index in [0.29, 0.717) is 5.92 Å². The van der Waals surface area contributed by atoms with E-state index in [0.717, 1.165) is 5.75 Å². The van der Waals surface area contributed by atoms with Crippen molar-refractivity contribution in [2.45, 2.75) is 17.7 Å². The first-order valence-electron chi connectivity index (χ1n) is 6.91. The first kappa shape index (κ1) is 15.5. The van der Waals surface area contributed by atoms with E-state index in [1.165, 1.54) is 21.6 Å². The summed E-state index contributed by atoms with van der Waals surface area (Å²) in [6.45, 7) is 2.21. The van der Waals surface area contributed by atoms with Crippen LogP contribution in [0.25, 0.3) is 11.1 Å². The molecule has 2 rings (SSSR count). The average Bonchev–Trinajstić information content (AvgIpc) is 2.46. The van der Waals surface area contributed by atoms with Gasteiger partial charge in [0.2, 0.25) is 0 Å². The molecule has 0 radical (unpaired) electrons. The lowest BCUT2D eigenvalue weighted by atomic mass is 9.99. The maximum absolute atomic E-state index is 4.36. The van der Waals surface area contributed by atoms with Gasteiger partial charge in [0, 0.05) is 0 Å². The van der Waals surface area contributed by atoms with Gasteiger partial charge in [0.25, 0.3) is 0 Å². The minimum atomic E-state index is -0.632. The molecule has 108 valence electrons. The Kier molecular flexibility index (Phi) is 4.87. The fourth-order valence-electron chi connectivity index (χ4n) is 2.17. The van der Waals surface area contributed by atoms with Crippen molar-refractivity contribution in [3.63, 3.8) is 0 Å². The van der Waals surface area contributed by atoms with Crippen LogP contribution in [-0.4, -0.2) is 24.5 Å². The minimum absolute atomic E-state index is 0.513. The van der Waals surface area contributed by atoms with Gasteiger partial charge in [-0.15, -0.1) is 0 Å². The zero-order valence-corrected chi connectivity index (χ0v) is 14.5. The predicted octanol–water partition coefficient (Wildman–Crippen LogP) is 5.44. The second kappa shape index (κ2) is 6.28. The number of hydrogen-bond acceptors (Lipinski definition) is 1. The monoisotopic (exact) mass is 304 g/mol. The van der Waals surface area contributed by atoms with Crippen molar-refractivity contribution in [1.82, 2.24) is 0 Å². The second-order valence-corrected chi connectivity index (χ2v) is 10.6. The van der Waals surface area contributed by atoms with Crippen LogP contribution in [-0.2, 0) is 0 Å². The van der Waals surface area contributed by atoms with E-state index in [9.17, 15) is 0 Å². The molecular formula is C18H24S2. The van der Waals surface area contributed by atoms with Gasteiger partial charge in [-0.05, 0) is 64.2 Å². The Hall–Kier alpha value is -0.860. The van der Waals surface area contributed by atoms with Gasteiger partial charge in [0.1, 0.15) is 0 Å². The van der Waals surface area contributed by atoms with Gasteiger partial charge in [-0.1, -0.05) is 43.3 Å². The van der Waals surface area contributed by atoms with Crippen molar-refractivity contribution in [2.75, 3.05) is 24.5 Å². The summed E-state index contributed by atoms with van der Waals surface area (Å²) in [5.41, 5.74) is 3.94. The fraction of sp³-hybridized carbons (Fsp3) is 0.333. The van der Waals surface area contributed by atoms with Crippen molar-refractivity contribution < 1.29 is 0 Å². The molecule has 0 saturated carbocycles. The highest BCUT2D eigenvalue weighted by Gasteiger charge is 2.08. The van der Waals surface area contributed by atoms with Crippen LogP contribution >= 0.6 is 22.7 Å². The summed E-state index contributed by atoms with van der Waals surface area (Å²) in [4.78, 5) is 1.46. The molecule has 2 heteroatoms. The molecule has 1 atom stereocenters. The Morgan fingerprint density at radius 3 is 1.70 bits per heavy atom. The van der Waals surface area contributed by atoms with Crippen LogP contribution in [0.1, 0.15) is 18.4 Å². The summed E-state index contributed by atoms with van der Waals surface area (Å²) >= 11 is 4.36. The molecule has 0 aromatic heterocycles. The van der Waals surface area contributed by atoms with Crippen LogP contribution in [0.2, 0.25) is 0 Å². The lowest BCUT2D eigenvalue weighted by molar-refractivity contribution is 0.884. The molecular weight excluding hydrogens is 280 g/mol. The highest BCUT2D eigenvalue weighted by Crippen LogP contribution is 2.45. The van der Waals surface area contributed by atoms with Crippen LogP contribution in [0.5, 0.6) is 0 Å². The van der Waals surface area contributed by atoms with Crippen LogP contribution in [0, 0.1) is 0 Å². The van der Waals surface area contributed by atoms with Gasteiger partial charge in [-0.3, -0.25) is 0 Å². The maximum atomic E-state index is 4.36. The fourth-order valence-corrected chi connectivity index (χ4v) is 3.33. The predicted molar refractivity (Wildman–Crippen MR) is 97.8 cm³/mol. The van der Waals surface area contributed by atoms with Gasteiger partial charge in [0.05, 0.1) is 0 Å². The lowest BCUT2D eigenvalue weighted by Crippen LogP contribution is -1.94. The number of rotatable bonds is 4. The third-order valence-electron chi connectivity index (χ3n) is 3.65. The third kappa shape index (κ3) is 3.62. The summed E-state index contributed by atoms with van der Waals surface area (Å²) in [5.74, 6) is 1.40. The molecule has 1 unspecified atom stereocenters. The normalized spacial score (nSPS) is 14.1. The molecule has 0 aliphatic heterocycles. The van der Waals surface area contributed by atoms with Gasteiger partial charge in [0.15, 0.2) is 0 Å². The molecule has 0 spiro atoms. The number of hydrogen-bond donors (Lipinski definition) is 1. The maximum Gasteiger partial charge on any atom is -0.00315 e. The van der Waals surface area contributed by atoms with Gasteiger partial charge in [-0.25, -0.2) is 10.0 Å². The zero-order chi connectivity index (χ0) is 14.8. The molecule has 2 aromatic rings. The standard InChI is InChI=1S/C18H24S2/c1-14(13-19)15-5-7-16(8-6-15)17-9-11-18(12-10-17)20(2,3)4/h5-12,14,19H,13H2,1-4H3. The van der Waals surface area contributed by atoms with Crippen LogP contribution in [0.3, 0.4) is 0 Å². The highest BCUT2D eigenvalue weighted by molar-refractivity contribution is 8.32. The van der Waals surface area contributed by atoms with Crippen molar-refractivity contribution in [1.29, 1.82) is 0 Å². The minimum Gasteiger partial charge on any atom is -0.223 e. The second-order valence-electron chi connectivity index (χ2n) is 6.07. The summed E-state index contributed by atoms with van der Waals surface area (Å²) in [6.07, 6.45) is 6.99. The first-order chi connectivity index (χ1) is 9.41. The SMILES string of the molecule is CC(CS)c1ccc(-c2ccc(S(C)(C)C)cc2)cc1. The molecule has 0 saturated heterocycles. The Balaban J connectivity index is 2.24. The van der Waals surface area contributed by atoms with E-state index in [1.807, 2.05) is 0 Å². The highest BCUT2D eigenvalue weighted by atomic mass is 32.3. The molecule has 0 aliphatic rings. The van der Waals surface area contributed by atoms with E-state index in [1.54, 1.807) is 0 Å². The molecule has 0 aliphatic carbocycles. The molecule has 0 nitrogen and oxygen atoms in total. The van der Waals surface area contributed by atoms with Crippen LogP contribution in [0.15, 0.2) is 53.4 Å². The summed E-state index contributed by atoms with van der Waals surface area (Å²) < 4.78 is 0. The van der Waals surface area contributed by atoms with Crippen molar-refractivity contribution in [3.8, 4) is 11.1 Å². The van der Waals surface area contributed by atoms with Crippen molar-refractivity contribution in [3.05, 3.63) is 54.1 Å². The van der Waals surface area contributed by atoms with E-state index in [-0.39, 0.29) is 0 Å². The number of thiol groups is 1. The van der Waals surface area contributed by atoms with E-state index >= 15 is 0 Å². The Morgan fingerprint density at radius 2 is 1.30 bits per heavy atom. The first-order valence-corrected chi connectivity index (χ1v) is 10.4. The molecule has 20 heavy (non-hydrogen) atoms. The summed E-state index contributed by atoms with van der Waals surface area (Å²) in [6, 6.07) is 17.9. The lowest BCUT2D eigenvalue weighted by Gasteiger charge is -2.25. The smallest absolute Gasteiger partial charge is 0.00315 e. The van der Waals surface area contributed by atoms with Crippen molar-refractivity contribution >= 4 is 22.7 Å². The Morgan fingerprint density at radius 1 is 0.850 bits per heavy atom.